The molecule has 66 valence electrons. The number of sulfonamides is 1. The van der Waals surface area contributed by atoms with Crippen LogP contribution in [0.2, 0.25) is 0 Å². The first kappa shape index (κ1) is 8.96. The molecular formula is C6H13NO3S. The van der Waals surface area contributed by atoms with Gasteiger partial charge in [-0.3, -0.25) is 4.84 Å². The van der Waals surface area contributed by atoms with Crippen molar-refractivity contribution in [2.45, 2.75) is 26.2 Å². The third kappa shape index (κ3) is 2.76. The van der Waals surface area contributed by atoms with Crippen LogP contribution in [0.5, 0.6) is 0 Å². The lowest BCUT2D eigenvalue weighted by molar-refractivity contribution is 0.294. The van der Waals surface area contributed by atoms with Crippen molar-refractivity contribution in [2.24, 2.45) is 0 Å². The molecule has 0 amide bonds. The molecule has 1 unspecified atom stereocenters. The Labute approximate surface area is 67.1 Å². The van der Waals surface area contributed by atoms with Crippen molar-refractivity contribution in [3.05, 3.63) is 0 Å². The van der Waals surface area contributed by atoms with Crippen LogP contribution in [-0.2, 0) is 14.9 Å². The molecule has 0 aliphatic carbocycles. The normalized spacial score (nSPS) is 23.5. The SMILES string of the molecule is CCCCCS(=O)(=O)N1CO1. The summed E-state index contributed by atoms with van der Waals surface area (Å²) < 4.78 is 23.2. The summed E-state index contributed by atoms with van der Waals surface area (Å²) in [7, 11) is -3.05. The molecule has 5 heteroatoms. The van der Waals surface area contributed by atoms with E-state index in [-0.39, 0.29) is 12.5 Å². The number of nitrogens with zero attached hydrogens (tertiary/aromatic N) is 1. The Morgan fingerprint density at radius 1 is 1.45 bits per heavy atom. The third-order valence-electron chi connectivity index (χ3n) is 1.55. The first-order valence-corrected chi connectivity index (χ1v) is 5.41. The van der Waals surface area contributed by atoms with Crippen molar-refractivity contribution in [3.8, 4) is 0 Å². The van der Waals surface area contributed by atoms with E-state index in [1.165, 1.54) is 0 Å². The van der Waals surface area contributed by atoms with Gasteiger partial charge >= 0.3 is 0 Å². The predicted octanol–water partition coefficient (Wildman–Crippen LogP) is 0.711. The fourth-order valence-corrected chi connectivity index (χ4v) is 1.96. The predicted molar refractivity (Wildman–Crippen MR) is 41.1 cm³/mol. The van der Waals surface area contributed by atoms with Crippen molar-refractivity contribution >= 4 is 10.0 Å². The highest BCUT2D eigenvalue weighted by Gasteiger charge is 2.33. The minimum atomic E-state index is -3.05. The van der Waals surface area contributed by atoms with Gasteiger partial charge in [0.25, 0.3) is 0 Å². The van der Waals surface area contributed by atoms with Crippen molar-refractivity contribution < 1.29 is 13.3 Å². The Morgan fingerprint density at radius 3 is 2.55 bits per heavy atom. The van der Waals surface area contributed by atoms with Crippen LogP contribution in [0.25, 0.3) is 0 Å². The molecule has 0 N–H and O–H groups in total. The third-order valence-corrected chi connectivity index (χ3v) is 3.19. The monoisotopic (exact) mass is 179 g/mol. The van der Waals surface area contributed by atoms with Gasteiger partial charge < -0.3 is 0 Å². The van der Waals surface area contributed by atoms with Crippen LogP contribution >= 0.6 is 0 Å². The van der Waals surface area contributed by atoms with Gasteiger partial charge in [0.2, 0.25) is 10.0 Å². The number of rotatable bonds is 5. The first-order chi connectivity index (χ1) is 5.17. The zero-order chi connectivity index (χ0) is 8.32. The molecule has 0 aromatic heterocycles. The standard InChI is InChI=1S/C6H13NO3S/c1-2-3-4-5-11(8,9)7-6-10-7/h2-6H2,1H3. The lowest BCUT2D eigenvalue weighted by Gasteiger charge is -1.98. The minimum absolute atomic E-state index is 0.223. The summed E-state index contributed by atoms with van der Waals surface area (Å²) in [6.07, 6.45) is 2.74. The molecule has 0 saturated carbocycles. The molecule has 1 fully saturated rings. The summed E-state index contributed by atoms with van der Waals surface area (Å²) >= 11 is 0. The van der Waals surface area contributed by atoms with Crippen LogP contribution in [0.4, 0.5) is 0 Å². The fourth-order valence-electron chi connectivity index (χ4n) is 0.820. The van der Waals surface area contributed by atoms with Gasteiger partial charge in [-0.05, 0) is 6.42 Å². The summed E-state index contributed by atoms with van der Waals surface area (Å²) in [5.41, 5.74) is 0. The van der Waals surface area contributed by atoms with E-state index in [0.29, 0.717) is 0 Å². The minimum Gasteiger partial charge on any atom is -0.263 e. The van der Waals surface area contributed by atoms with Crippen LogP contribution < -0.4 is 0 Å². The van der Waals surface area contributed by atoms with Crippen LogP contribution in [0.3, 0.4) is 0 Å². The highest BCUT2D eigenvalue weighted by atomic mass is 32.2. The smallest absolute Gasteiger partial charge is 0.238 e. The zero-order valence-corrected chi connectivity index (χ0v) is 7.43. The van der Waals surface area contributed by atoms with Gasteiger partial charge in [0.15, 0.2) is 6.73 Å². The Bertz CT molecular complexity index is 208. The topological polar surface area (TPSA) is 49.7 Å². The molecule has 1 atom stereocenters. The molecule has 0 aromatic carbocycles. The van der Waals surface area contributed by atoms with E-state index in [4.69, 9.17) is 0 Å². The van der Waals surface area contributed by atoms with Gasteiger partial charge in [0, 0.05) is 0 Å². The van der Waals surface area contributed by atoms with Crippen LogP contribution in [-0.4, -0.2) is 25.4 Å². The van der Waals surface area contributed by atoms with Crippen molar-refractivity contribution in [2.75, 3.05) is 12.5 Å². The number of hydroxylamine groups is 1. The van der Waals surface area contributed by atoms with E-state index in [1.54, 1.807) is 0 Å². The van der Waals surface area contributed by atoms with Gasteiger partial charge in [-0.1, -0.05) is 24.2 Å². The van der Waals surface area contributed by atoms with Gasteiger partial charge in [-0.2, -0.15) is 0 Å². The van der Waals surface area contributed by atoms with E-state index in [2.05, 4.69) is 4.84 Å². The van der Waals surface area contributed by atoms with E-state index in [0.717, 1.165) is 23.7 Å². The summed E-state index contributed by atoms with van der Waals surface area (Å²) in [6, 6.07) is 0. The molecule has 4 nitrogen and oxygen atoms in total. The zero-order valence-electron chi connectivity index (χ0n) is 6.62. The molecule has 0 aromatic rings. The molecule has 1 saturated heterocycles. The number of hydrogen-bond donors (Lipinski definition) is 0. The highest BCUT2D eigenvalue weighted by molar-refractivity contribution is 7.89. The highest BCUT2D eigenvalue weighted by Crippen LogP contribution is 2.15. The number of hydrogen-bond acceptors (Lipinski definition) is 3. The summed E-state index contributed by atoms with van der Waals surface area (Å²) in [6.45, 7) is 2.29. The van der Waals surface area contributed by atoms with Crippen LogP contribution in [0.15, 0.2) is 0 Å². The van der Waals surface area contributed by atoms with Crippen LogP contribution in [0.1, 0.15) is 26.2 Å². The van der Waals surface area contributed by atoms with Crippen molar-refractivity contribution in [1.82, 2.24) is 4.47 Å². The Kier molecular flexibility index (Phi) is 2.86. The maximum atomic E-state index is 11.1. The Balaban J connectivity index is 2.23. The molecule has 1 heterocycles. The fraction of sp³-hybridized carbons (Fsp3) is 1.00. The molecular weight excluding hydrogens is 166 g/mol. The van der Waals surface area contributed by atoms with E-state index in [9.17, 15) is 8.42 Å². The molecule has 1 rings (SSSR count). The van der Waals surface area contributed by atoms with E-state index >= 15 is 0 Å². The molecule has 11 heavy (non-hydrogen) atoms. The quantitative estimate of drug-likeness (QED) is 0.461. The Morgan fingerprint density at radius 2 is 2.09 bits per heavy atom. The molecule has 1 aliphatic heterocycles. The average Bonchev–Trinajstić information content (AvgIpc) is 2.68. The second kappa shape index (κ2) is 3.51. The molecule has 1 aliphatic rings. The van der Waals surface area contributed by atoms with Crippen molar-refractivity contribution in [3.63, 3.8) is 0 Å². The summed E-state index contributed by atoms with van der Waals surface area (Å²) in [4.78, 5) is 4.55. The van der Waals surface area contributed by atoms with Crippen LogP contribution in [0, 0.1) is 0 Å². The van der Waals surface area contributed by atoms with E-state index in [1.807, 2.05) is 6.92 Å². The van der Waals surface area contributed by atoms with Gasteiger partial charge in [0.1, 0.15) is 0 Å². The van der Waals surface area contributed by atoms with Gasteiger partial charge in [-0.15, -0.1) is 0 Å². The second-order valence-electron chi connectivity index (χ2n) is 2.58. The summed E-state index contributed by atoms with van der Waals surface area (Å²) in [5.74, 6) is 0.223. The van der Waals surface area contributed by atoms with Gasteiger partial charge in [0.05, 0.1) is 5.75 Å². The van der Waals surface area contributed by atoms with Gasteiger partial charge in [-0.25, -0.2) is 8.42 Å². The second-order valence-corrected chi connectivity index (χ2v) is 4.56. The van der Waals surface area contributed by atoms with Crippen molar-refractivity contribution in [1.29, 1.82) is 0 Å². The molecule has 0 radical (unpaired) electrons. The maximum Gasteiger partial charge on any atom is 0.238 e. The number of unbranched alkanes of at least 4 members (excludes halogenated alkanes) is 2. The van der Waals surface area contributed by atoms with E-state index < -0.39 is 10.0 Å². The largest absolute Gasteiger partial charge is 0.263 e. The maximum absolute atomic E-state index is 11.1. The Hall–Kier alpha value is -0.130. The lowest BCUT2D eigenvalue weighted by atomic mass is 10.3. The lowest BCUT2D eigenvalue weighted by Crippen LogP contribution is -2.15. The summed E-state index contributed by atoms with van der Waals surface area (Å²) in [5, 5.41) is 0. The first-order valence-electron chi connectivity index (χ1n) is 3.80. The molecule has 0 bridgehead atoms. The molecule has 0 spiro atoms. The average molecular weight is 179 g/mol.